The van der Waals surface area contributed by atoms with Crippen molar-refractivity contribution < 1.29 is 14.3 Å². The summed E-state index contributed by atoms with van der Waals surface area (Å²) >= 11 is 3.60. The molecule has 2 aromatic rings. The fraction of sp³-hybridized carbons (Fsp3) is 0.375. The second kappa shape index (κ2) is 11.2. The van der Waals surface area contributed by atoms with Crippen molar-refractivity contribution in [3.05, 3.63) is 70.7 Å². The Morgan fingerprint density at radius 3 is 2.63 bits per heavy atom. The van der Waals surface area contributed by atoms with E-state index in [4.69, 9.17) is 9.47 Å². The summed E-state index contributed by atoms with van der Waals surface area (Å²) in [4.78, 5) is 14.5. The summed E-state index contributed by atoms with van der Waals surface area (Å²) in [5, 5.41) is 3.62. The van der Waals surface area contributed by atoms with Gasteiger partial charge in [-0.1, -0.05) is 30.9 Å². The van der Waals surface area contributed by atoms with Crippen LogP contribution in [-0.4, -0.2) is 43.2 Å². The molecule has 160 valence electrons. The van der Waals surface area contributed by atoms with Gasteiger partial charge in [0.1, 0.15) is 6.61 Å². The van der Waals surface area contributed by atoms with Crippen molar-refractivity contribution in [2.45, 2.75) is 32.4 Å². The van der Waals surface area contributed by atoms with E-state index in [0.29, 0.717) is 25.0 Å². The van der Waals surface area contributed by atoms with Gasteiger partial charge in [0.05, 0.1) is 11.1 Å². The van der Waals surface area contributed by atoms with Crippen LogP contribution in [0.5, 0.6) is 11.5 Å². The highest BCUT2D eigenvalue weighted by atomic mass is 79.9. The fourth-order valence-electron chi connectivity index (χ4n) is 3.58. The van der Waals surface area contributed by atoms with Gasteiger partial charge in [0.25, 0.3) is 5.91 Å². The maximum Gasteiger partial charge on any atom is 0.253 e. The molecule has 1 heterocycles. The van der Waals surface area contributed by atoms with Crippen LogP contribution >= 0.6 is 15.9 Å². The van der Waals surface area contributed by atoms with Gasteiger partial charge >= 0.3 is 0 Å². The molecule has 5 nitrogen and oxygen atoms in total. The first-order valence-electron chi connectivity index (χ1n) is 10.4. The molecule has 0 saturated carbocycles. The minimum atomic E-state index is 0.120. The van der Waals surface area contributed by atoms with Crippen LogP contribution in [0.3, 0.4) is 0 Å². The van der Waals surface area contributed by atoms with E-state index in [1.54, 1.807) is 6.08 Å². The quantitative estimate of drug-likeness (QED) is 0.532. The average Bonchev–Trinajstić information content (AvgIpc) is 2.78. The summed E-state index contributed by atoms with van der Waals surface area (Å²) in [6.45, 7) is 8.93. The molecule has 0 aliphatic carbocycles. The van der Waals surface area contributed by atoms with Gasteiger partial charge in [-0.25, -0.2) is 0 Å². The summed E-state index contributed by atoms with van der Waals surface area (Å²) in [7, 11) is 0. The van der Waals surface area contributed by atoms with Crippen LogP contribution in [0, 0.1) is 0 Å². The molecule has 1 aliphatic heterocycles. The Balaban J connectivity index is 1.55. The maximum atomic E-state index is 12.6. The number of halogens is 1. The minimum Gasteiger partial charge on any atom is -0.490 e. The third-order valence-corrected chi connectivity index (χ3v) is 5.70. The maximum absolute atomic E-state index is 12.6. The number of carbonyl (C=O) groups is 1. The van der Waals surface area contributed by atoms with E-state index in [1.165, 1.54) is 0 Å². The molecule has 0 radical (unpaired) electrons. The highest BCUT2D eigenvalue weighted by Gasteiger charge is 2.23. The lowest BCUT2D eigenvalue weighted by Crippen LogP contribution is -2.44. The van der Waals surface area contributed by atoms with Crippen molar-refractivity contribution in [1.82, 2.24) is 10.2 Å². The van der Waals surface area contributed by atoms with Gasteiger partial charge in [0.15, 0.2) is 11.5 Å². The molecule has 1 fully saturated rings. The number of piperidine rings is 1. The van der Waals surface area contributed by atoms with Crippen LogP contribution < -0.4 is 14.8 Å². The molecule has 6 heteroatoms. The Labute approximate surface area is 187 Å². The van der Waals surface area contributed by atoms with Gasteiger partial charge in [-0.2, -0.15) is 0 Å². The molecule has 0 spiro atoms. The molecule has 0 atom stereocenters. The van der Waals surface area contributed by atoms with E-state index in [0.717, 1.165) is 53.8 Å². The van der Waals surface area contributed by atoms with Crippen molar-refractivity contribution in [3.8, 4) is 11.5 Å². The summed E-state index contributed by atoms with van der Waals surface area (Å²) in [6, 6.07) is 14.0. The first-order valence-corrected chi connectivity index (χ1v) is 11.2. The van der Waals surface area contributed by atoms with Crippen LogP contribution in [0.25, 0.3) is 0 Å². The summed E-state index contributed by atoms with van der Waals surface area (Å²) in [5.41, 5.74) is 1.88. The SMILES string of the molecule is C=CCOc1c(Br)cc(CNC2CCN(C(=O)c3ccccc3)CC2)cc1OCC. The third kappa shape index (κ3) is 5.86. The summed E-state index contributed by atoms with van der Waals surface area (Å²) < 4.78 is 12.4. The van der Waals surface area contributed by atoms with Crippen LogP contribution in [0.15, 0.2) is 59.6 Å². The second-order valence-corrected chi connectivity index (χ2v) is 8.11. The lowest BCUT2D eigenvalue weighted by atomic mass is 10.0. The standard InChI is InChI=1S/C24H29BrN2O3/c1-3-14-30-23-21(25)15-18(16-22(23)29-4-2)17-26-20-10-12-27(13-11-20)24(28)19-8-6-5-7-9-19/h3,5-9,15-16,20,26H,1,4,10-14,17H2,2H3. The van der Waals surface area contributed by atoms with Crippen molar-refractivity contribution in [1.29, 1.82) is 0 Å². The molecule has 3 rings (SSSR count). The van der Waals surface area contributed by atoms with Crippen molar-refractivity contribution in [3.63, 3.8) is 0 Å². The summed E-state index contributed by atoms with van der Waals surface area (Å²) in [6.07, 6.45) is 3.60. The lowest BCUT2D eigenvalue weighted by molar-refractivity contribution is 0.0704. The molecule has 2 aromatic carbocycles. The minimum absolute atomic E-state index is 0.120. The number of nitrogens with zero attached hydrogens (tertiary/aromatic N) is 1. The predicted octanol–water partition coefficient (Wildman–Crippen LogP) is 4.81. The predicted molar refractivity (Wildman–Crippen MR) is 123 cm³/mol. The van der Waals surface area contributed by atoms with E-state index in [-0.39, 0.29) is 5.91 Å². The van der Waals surface area contributed by atoms with E-state index in [1.807, 2.05) is 48.2 Å². The Morgan fingerprint density at radius 2 is 1.97 bits per heavy atom. The Morgan fingerprint density at radius 1 is 1.23 bits per heavy atom. The molecular formula is C24H29BrN2O3. The normalized spacial score (nSPS) is 14.4. The molecule has 30 heavy (non-hydrogen) atoms. The Bertz CT molecular complexity index is 849. The summed E-state index contributed by atoms with van der Waals surface area (Å²) in [5.74, 6) is 1.55. The van der Waals surface area contributed by atoms with E-state index in [9.17, 15) is 4.79 Å². The molecule has 1 amide bonds. The topological polar surface area (TPSA) is 50.8 Å². The van der Waals surface area contributed by atoms with Gasteiger partial charge in [-0.3, -0.25) is 4.79 Å². The van der Waals surface area contributed by atoms with Gasteiger partial charge in [0.2, 0.25) is 0 Å². The van der Waals surface area contributed by atoms with Gasteiger partial charge in [-0.05, 0) is 65.5 Å². The van der Waals surface area contributed by atoms with Crippen molar-refractivity contribution in [2.75, 3.05) is 26.3 Å². The van der Waals surface area contributed by atoms with E-state index < -0.39 is 0 Å². The van der Waals surface area contributed by atoms with E-state index in [2.05, 4.69) is 33.9 Å². The zero-order valence-corrected chi connectivity index (χ0v) is 19.0. The fourth-order valence-corrected chi connectivity index (χ4v) is 4.18. The molecule has 1 N–H and O–H groups in total. The van der Waals surface area contributed by atoms with Gasteiger partial charge in [-0.15, -0.1) is 0 Å². The van der Waals surface area contributed by atoms with Crippen LogP contribution in [0.4, 0.5) is 0 Å². The number of likely N-dealkylation sites (tertiary alicyclic amines) is 1. The first kappa shape index (κ1) is 22.4. The highest BCUT2D eigenvalue weighted by Crippen LogP contribution is 2.37. The average molecular weight is 473 g/mol. The molecule has 1 saturated heterocycles. The Kier molecular flexibility index (Phi) is 8.34. The zero-order valence-electron chi connectivity index (χ0n) is 17.4. The Hall–Kier alpha value is -2.31. The van der Waals surface area contributed by atoms with Crippen molar-refractivity contribution in [2.24, 2.45) is 0 Å². The van der Waals surface area contributed by atoms with Gasteiger partial charge in [0, 0.05) is 31.2 Å². The number of ether oxygens (including phenoxy) is 2. The molecular weight excluding hydrogens is 444 g/mol. The number of hydrogen-bond donors (Lipinski definition) is 1. The number of nitrogens with one attached hydrogen (secondary N) is 1. The largest absolute Gasteiger partial charge is 0.490 e. The number of amides is 1. The lowest BCUT2D eigenvalue weighted by Gasteiger charge is -2.32. The monoisotopic (exact) mass is 472 g/mol. The molecule has 1 aliphatic rings. The van der Waals surface area contributed by atoms with Crippen LogP contribution in [0.2, 0.25) is 0 Å². The highest BCUT2D eigenvalue weighted by molar-refractivity contribution is 9.10. The van der Waals surface area contributed by atoms with Gasteiger partial charge < -0.3 is 19.7 Å². The second-order valence-electron chi connectivity index (χ2n) is 7.25. The third-order valence-electron chi connectivity index (χ3n) is 5.11. The molecule has 0 unspecified atom stereocenters. The zero-order chi connectivity index (χ0) is 21.3. The smallest absolute Gasteiger partial charge is 0.253 e. The number of carbonyl (C=O) groups excluding carboxylic acids is 1. The first-order chi connectivity index (χ1) is 14.6. The molecule has 0 bridgehead atoms. The number of rotatable bonds is 9. The van der Waals surface area contributed by atoms with Crippen LogP contribution in [-0.2, 0) is 6.54 Å². The van der Waals surface area contributed by atoms with E-state index >= 15 is 0 Å². The van der Waals surface area contributed by atoms with Crippen molar-refractivity contribution >= 4 is 21.8 Å². The number of hydrogen-bond acceptors (Lipinski definition) is 4. The van der Waals surface area contributed by atoms with Crippen LogP contribution in [0.1, 0.15) is 35.7 Å². The molecule has 0 aromatic heterocycles. The number of benzene rings is 2.